The molecule has 8 heteroatoms. The molecular formula is C30H40N2O6. The largest absolute Gasteiger partial charge is 0.507 e. The number of carbonyl (C=O) groups excluding carboxylic acids is 2. The number of carbonyl (C=O) groups is 2. The van der Waals surface area contributed by atoms with Gasteiger partial charge in [-0.15, -0.1) is 0 Å². The Hall–Kier alpha value is -3.52. The molecule has 2 aromatic carbocycles. The topological polar surface area (TPSA) is 99.5 Å². The van der Waals surface area contributed by atoms with Crippen LogP contribution in [0, 0.1) is 0 Å². The van der Waals surface area contributed by atoms with Gasteiger partial charge >= 0.3 is 0 Å². The first-order valence-electron chi connectivity index (χ1n) is 13.4. The van der Waals surface area contributed by atoms with Crippen LogP contribution in [0.2, 0.25) is 0 Å². The van der Waals surface area contributed by atoms with Crippen LogP contribution in [0.15, 0.2) is 48.0 Å². The molecule has 1 saturated heterocycles. The van der Waals surface area contributed by atoms with E-state index in [1.807, 2.05) is 0 Å². The van der Waals surface area contributed by atoms with Gasteiger partial charge in [0, 0.05) is 12.1 Å². The predicted molar refractivity (Wildman–Crippen MR) is 148 cm³/mol. The van der Waals surface area contributed by atoms with Crippen molar-refractivity contribution in [1.82, 2.24) is 9.80 Å². The van der Waals surface area contributed by atoms with Crippen LogP contribution >= 0.6 is 0 Å². The number of benzene rings is 2. The van der Waals surface area contributed by atoms with Gasteiger partial charge in [0.15, 0.2) is 11.5 Å². The predicted octanol–water partition coefficient (Wildman–Crippen LogP) is 5.12. The lowest BCUT2D eigenvalue weighted by molar-refractivity contribution is -0.140. The highest BCUT2D eigenvalue weighted by atomic mass is 16.5. The second-order valence-electron chi connectivity index (χ2n) is 9.55. The summed E-state index contributed by atoms with van der Waals surface area (Å²) < 4.78 is 10.5. The number of amides is 1. The number of likely N-dealkylation sites (tertiary alicyclic amines) is 1. The summed E-state index contributed by atoms with van der Waals surface area (Å²) in [6, 6.07) is 10.6. The van der Waals surface area contributed by atoms with Crippen LogP contribution in [0.25, 0.3) is 5.76 Å². The average molecular weight is 525 g/mol. The fraction of sp³-hybridized carbons (Fsp3) is 0.467. The summed E-state index contributed by atoms with van der Waals surface area (Å²) in [7, 11) is 2.98. The molecule has 0 bridgehead atoms. The van der Waals surface area contributed by atoms with Crippen molar-refractivity contribution in [1.29, 1.82) is 0 Å². The molecule has 1 fully saturated rings. The molecule has 206 valence electrons. The molecule has 2 N–H and O–H groups in total. The average Bonchev–Trinajstić information content (AvgIpc) is 3.19. The fourth-order valence-electron chi connectivity index (χ4n) is 4.79. The first-order valence-corrected chi connectivity index (χ1v) is 13.4. The smallest absolute Gasteiger partial charge is 0.295 e. The van der Waals surface area contributed by atoms with E-state index in [1.165, 1.54) is 18.1 Å². The van der Waals surface area contributed by atoms with Gasteiger partial charge in [-0.3, -0.25) is 9.59 Å². The van der Waals surface area contributed by atoms with E-state index >= 15 is 0 Å². The van der Waals surface area contributed by atoms with Gasteiger partial charge in [-0.05, 0) is 80.9 Å². The highest BCUT2D eigenvalue weighted by Crippen LogP contribution is 2.42. The lowest BCUT2D eigenvalue weighted by Gasteiger charge is -2.28. The number of nitrogens with zero attached hydrogens (tertiary/aromatic N) is 2. The molecule has 38 heavy (non-hydrogen) atoms. The number of hydrogen-bond acceptors (Lipinski definition) is 7. The minimum atomic E-state index is -0.814. The lowest BCUT2D eigenvalue weighted by Crippen LogP contribution is -2.34. The van der Waals surface area contributed by atoms with Gasteiger partial charge < -0.3 is 29.5 Å². The molecule has 1 aliphatic rings. The fourth-order valence-corrected chi connectivity index (χ4v) is 4.79. The molecule has 0 saturated carbocycles. The van der Waals surface area contributed by atoms with Crippen molar-refractivity contribution in [3.05, 3.63) is 59.2 Å². The summed E-state index contributed by atoms with van der Waals surface area (Å²) in [6.45, 7) is 7.52. The molecule has 0 aliphatic carbocycles. The Balaban J connectivity index is 1.97. The third-order valence-electron chi connectivity index (χ3n) is 6.95. The number of aliphatic hydroxyl groups excluding tert-OH is 1. The number of ether oxygens (including phenoxy) is 2. The molecule has 2 aromatic rings. The number of rotatable bonds is 14. The van der Waals surface area contributed by atoms with Crippen molar-refractivity contribution in [3.63, 3.8) is 0 Å². The quantitative estimate of drug-likeness (QED) is 0.201. The minimum absolute atomic E-state index is 0.0155. The Morgan fingerprint density at radius 3 is 2.13 bits per heavy atom. The summed E-state index contributed by atoms with van der Waals surface area (Å²) in [5.41, 5.74) is 0.995. The van der Waals surface area contributed by atoms with Crippen molar-refractivity contribution in [3.8, 4) is 17.2 Å². The number of hydrogen-bond donors (Lipinski definition) is 2. The first kappa shape index (κ1) is 29.0. The molecule has 1 unspecified atom stereocenters. The number of unbranched alkanes of at least 4 members (excludes halogenated alkanes) is 2. The van der Waals surface area contributed by atoms with Gasteiger partial charge in [-0.2, -0.15) is 0 Å². The third-order valence-corrected chi connectivity index (χ3v) is 6.95. The zero-order valence-corrected chi connectivity index (χ0v) is 22.9. The molecular weight excluding hydrogens is 484 g/mol. The molecule has 1 heterocycles. The van der Waals surface area contributed by atoms with Gasteiger partial charge in [-0.25, -0.2) is 0 Å². The van der Waals surface area contributed by atoms with Crippen LogP contribution in [-0.2, 0) is 9.59 Å². The van der Waals surface area contributed by atoms with Crippen molar-refractivity contribution in [2.24, 2.45) is 0 Å². The molecule has 0 aromatic heterocycles. The zero-order chi connectivity index (χ0) is 27.7. The van der Waals surface area contributed by atoms with E-state index in [4.69, 9.17) is 9.47 Å². The van der Waals surface area contributed by atoms with Gasteiger partial charge in [0.2, 0.25) is 0 Å². The maximum absolute atomic E-state index is 13.3. The SMILES string of the molecule is CCCCN(CCCC)CCCN1C(=O)C(=O)C(=C(O)c2ccc(OC)cc2)C1c1ccc(O)c(OC)c1. The Morgan fingerprint density at radius 1 is 0.921 bits per heavy atom. The van der Waals surface area contributed by atoms with E-state index < -0.39 is 17.7 Å². The van der Waals surface area contributed by atoms with E-state index in [0.29, 0.717) is 29.8 Å². The van der Waals surface area contributed by atoms with E-state index in [-0.39, 0.29) is 22.8 Å². The van der Waals surface area contributed by atoms with Gasteiger partial charge in [0.05, 0.1) is 25.8 Å². The number of Topliss-reactive ketones (excluding diaryl/α,β-unsaturated/α-hetero) is 1. The molecule has 8 nitrogen and oxygen atoms in total. The summed E-state index contributed by atoms with van der Waals surface area (Å²) in [5, 5.41) is 21.4. The van der Waals surface area contributed by atoms with Crippen LogP contribution in [-0.4, -0.2) is 72.1 Å². The number of ketones is 1. The Morgan fingerprint density at radius 2 is 1.55 bits per heavy atom. The molecule has 0 radical (unpaired) electrons. The maximum Gasteiger partial charge on any atom is 0.295 e. The standard InChI is InChI=1S/C30H40N2O6/c1-5-7-16-31(17-8-6-2)18-9-19-32-27(22-12-15-24(33)25(20-22)38-4)26(29(35)30(32)36)28(34)21-10-13-23(37-3)14-11-21/h10-15,20,27,33-34H,5-9,16-19H2,1-4H3. The Labute approximate surface area is 225 Å². The second-order valence-corrected chi connectivity index (χ2v) is 9.55. The number of aliphatic hydroxyl groups is 1. The third kappa shape index (κ3) is 6.67. The first-order chi connectivity index (χ1) is 18.4. The van der Waals surface area contributed by atoms with E-state index in [2.05, 4.69) is 18.7 Å². The minimum Gasteiger partial charge on any atom is -0.507 e. The number of phenolic OH excluding ortho intramolecular Hbond substituents is 1. The highest BCUT2D eigenvalue weighted by molar-refractivity contribution is 6.46. The molecule has 3 rings (SSSR count). The Bertz CT molecular complexity index is 1120. The second kappa shape index (κ2) is 13.9. The van der Waals surface area contributed by atoms with Crippen molar-refractivity contribution in [2.45, 2.75) is 52.0 Å². The number of aromatic hydroxyl groups is 1. The summed E-state index contributed by atoms with van der Waals surface area (Å²) in [6.07, 6.45) is 5.15. The van der Waals surface area contributed by atoms with Crippen molar-refractivity contribution in [2.75, 3.05) is 40.4 Å². The maximum atomic E-state index is 13.3. The van der Waals surface area contributed by atoms with E-state index in [9.17, 15) is 19.8 Å². The molecule has 1 amide bonds. The normalized spacial score (nSPS) is 16.9. The van der Waals surface area contributed by atoms with Gasteiger partial charge in [0.1, 0.15) is 11.5 Å². The Kier molecular flexibility index (Phi) is 10.6. The zero-order valence-electron chi connectivity index (χ0n) is 22.9. The van der Waals surface area contributed by atoms with Crippen molar-refractivity contribution < 1.29 is 29.3 Å². The van der Waals surface area contributed by atoms with Gasteiger partial charge in [0.25, 0.3) is 11.7 Å². The molecule has 1 aliphatic heterocycles. The van der Waals surface area contributed by atoms with Crippen LogP contribution in [0.4, 0.5) is 0 Å². The molecule has 0 spiro atoms. The number of phenols is 1. The summed E-state index contributed by atoms with van der Waals surface area (Å²) in [4.78, 5) is 30.6. The van der Waals surface area contributed by atoms with E-state index in [1.54, 1.807) is 43.5 Å². The highest BCUT2D eigenvalue weighted by Gasteiger charge is 2.46. The van der Waals surface area contributed by atoms with E-state index in [0.717, 1.165) is 45.3 Å². The van der Waals surface area contributed by atoms with Crippen LogP contribution in [0.1, 0.15) is 63.1 Å². The monoisotopic (exact) mass is 524 g/mol. The van der Waals surface area contributed by atoms with Crippen LogP contribution in [0.3, 0.4) is 0 Å². The van der Waals surface area contributed by atoms with Crippen LogP contribution in [0.5, 0.6) is 17.2 Å². The summed E-state index contributed by atoms with van der Waals surface area (Å²) >= 11 is 0. The summed E-state index contributed by atoms with van der Waals surface area (Å²) in [5.74, 6) is -0.848. The van der Waals surface area contributed by atoms with Gasteiger partial charge in [-0.1, -0.05) is 32.8 Å². The number of methoxy groups -OCH3 is 2. The molecule has 1 atom stereocenters. The lowest BCUT2D eigenvalue weighted by atomic mass is 9.95. The van der Waals surface area contributed by atoms with Crippen molar-refractivity contribution >= 4 is 17.4 Å². The van der Waals surface area contributed by atoms with Crippen LogP contribution < -0.4 is 9.47 Å².